The second kappa shape index (κ2) is 18.6. The summed E-state index contributed by atoms with van der Waals surface area (Å²) in [6.45, 7) is 33.6. The summed E-state index contributed by atoms with van der Waals surface area (Å²) in [5.41, 5.74) is 20.5. The molecule has 0 aliphatic rings. The van der Waals surface area contributed by atoms with Crippen LogP contribution in [0.1, 0.15) is 89.0 Å². The predicted octanol–water partition coefficient (Wildman–Crippen LogP) is 11.3. The van der Waals surface area contributed by atoms with Crippen LogP contribution in [0.15, 0.2) is 43.8 Å². The molecule has 1 radical (unpaired) electrons. The molecule has 0 bridgehead atoms. The van der Waals surface area contributed by atoms with E-state index in [0.717, 1.165) is 19.6 Å². The van der Waals surface area contributed by atoms with Crippen LogP contribution < -0.4 is 0 Å². The molecule has 45 heavy (non-hydrogen) atoms. The molecule has 245 valence electrons. The van der Waals surface area contributed by atoms with E-state index in [0.29, 0.717) is 0 Å². The summed E-state index contributed by atoms with van der Waals surface area (Å²) < 4.78 is 0. The van der Waals surface area contributed by atoms with Crippen LogP contribution in [0.25, 0.3) is 0 Å². The Hall–Kier alpha value is -1.72. The Labute approximate surface area is 309 Å². The van der Waals surface area contributed by atoms with Gasteiger partial charge in [-0.2, -0.15) is 19.6 Å². The second-order valence-electron chi connectivity index (χ2n) is 12.4. The van der Waals surface area contributed by atoms with E-state index in [9.17, 15) is 0 Å². The molecule has 0 fully saturated rings. The number of hydrogen-bond donors (Lipinski definition) is 0. The van der Waals surface area contributed by atoms with Gasteiger partial charge in [0.1, 0.15) is 0 Å². The molecule has 5 heteroatoms. The zero-order valence-corrected chi connectivity index (χ0v) is 34.7. The monoisotopic (exact) mass is 716 g/mol. The van der Waals surface area contributed by atoms with E-state index < -0.39 is 0 Å². The molecule has 4 rings (SSSR count). The zero-order valence-electron chi connectivity index (χ0n) is 30.3. The Kier molecular flexibility index (Phi) is 17.9. The first-order valence-corrected chi connectivity index (χ1v) is 16.8. The largest absolute Gasteiger partial charge is 3.00 e. The molecule has 0 amide bonds. The fraction of sp³-hybridized carbons (Fsp3) is 0.400. The van der Waals surface area contributed by atoms with Crippen LogP contribution in [0, 0.1) is 111 Å². The molecule has 0 N–H and O–H groups in total. The van der Waals surface area contributed by atoms with Gasteiger partial charge in [-0.3, -0.25) is 0 Å². The first-order chi connectivity index (χ1) is 20.1. The number of aryl methyl sites for hydroxylation is 8. The second-order valence-corrected chi connectivity index (χ2v) is 14.0. The molecule has 0 aliphatic carbocycles. The Balaban J connectivity index is 0.000000569. The van der Waals surface area contributed by atoms with Crippen molar-refractivity contribution in [3.8, 4) is 0 Å². The molecule has 0 spiro atoms. The van der Waals surface area contributed by atoms with Gasteiger partial charge in [0.05, 0.1) is 0 Å². The van der Waals surface area contributed by atoms with Crippen molar-refractivity contribution in [2.45, 2.75) is 130 Å². The summed E-state index contributed by atoms with van der Waals surface area (Å²) >= 11 is 21.1. The SMILES string of the molecule is Cc1cc(C)c(C)c([S-])c1C.Cc1cc(C)c(C)c([S-])c1C.Cc1cc(C)c(C)c([S-])c1C.Cc1cc(C)c(C)c([S-])c1C.[Fe+3]. The molecule has 4 aromatic rings. The summed E-state index contributed by atoms with van der Waals surface area (Å²) in [6.07, 6.45) is 0. The third-order valence-electron chi connectivity index (χ3n) is 9.19. The molecular formula is C40H52FeS4-. The molecule has 0 aliphatic heterocycles. The maximum atomic E-state index is 5.27. The fourth-order valence-electron chi connectivity index (χ4n) is 4.72. The van der Waals surface area contributed by atoms with Crippen LogP contribution in [-0.4, -0.2) is 0 Å². The summed E-state index contributed by atoms with van der Waals surface area (Å²) in [7, 11) is 0. The molecule has 0 heterocycles. The smallest absolute Gasteiger partial charge is 0.779 e. The summed E-state index contributed by atoms with van der Waals surface area (Å²) in [4.78, 5) is 4.12. The van der Waals surface area contributed by atoms with Crippen LogP contribution in [0.4, 0.5) is 0 Å². The Bertz CT molecular complexity index is 1300. The molecule has 0 aromatic heterocycles. The van der Waals surface area contributed by atoms with Gasteiger partial charge in [-0.05, 0) is 155 Å². The third kappa shape index (κ3) is 11.2. The minimum Gasteiger partial charge on any atom is -0.779 e. The van der Waals surface area contributed by atoms with E-state index in [-0.39, 0.29) is 17.1 Å². The van der Waals surface area contributed by atoms with Crippen LogP contribution in [-0.2, 0) is 67.6 Å². The number of rotatable bonds is 0. The van der Waals surface area contributed by atoms with Crippen molar-refractivity contribution < 1.29 is 17.1 Å². The Morgan fingerprint density at radius 3 is 0.422 bits per heavy atom. The quantitative estimate of drug-likeness (QED) is 0.131. The van der Waals surface area contributed by atoms with Crippen molar-refractivity contribution >= 4 is 50.5 Å². The van der Waals surface area contributed by atoms with E-state index in [2.05, 4.69) is 135 Å². The van der Waals surface area contributed by atoms with Gasteiger partial charge in [-0.15, -0.1) is 0 Å². The van der Waals surface area contributed by atoms with E-state index in [1.807, 2.05) is 0 Å². The van der Waals surface area contributed by atoms with Crippen molar-refractivity contribution in [1.82, 2.24) is 0 Å². The molecule has 0 saturated carbocycles. The average Bonchev–Trinajstić information content (AvgIpc) is 2.97. The molecule has 0 atom stereocenters. The van der Waals surface area contributed by atoms with Crippen molar-refractivity contribution in [3.63, 3.8) is 0 Å². The van der Waals surface area contributed by atoms with Crippen LogP contribution >= 0.6 is 0 Å². The van der Waals surface area contributed by atoms with Gasteiger partial charge in [0.25, 0.3) is 0 Å². The third-order valence-corrected chi connectivity index (χ3v) is 11.6. The fourth-order valence-corrected chi connectivity index (χ4v) is 6.01. The van der Waals surface area contributed by atoms with Crippen LogP contribution in [0.2, 0.25) is 0 Å². The van der Waals surface area contributed by atoms with E-state index >= 15 is 0 Å². The molecular weight excluding hydrogens is 665 g/mol. The first-order valence-electron chi connectivity index (χ1n) is 15.1. The summed E-state index contributed by atoms with van der Waals surface area (Å²) in [6, 6.07) is 8.78. The molecule has 4 aromatic carbocycles. The summed E-state index contributed by atoms with van der Waals surface area (Å²) in [5, 5.41) is 0. The van der Waals surface area contributed by atoms with Gasteiger partial charge >= 0.3 is 17.1 Å². The van der Waals surface area contributed by atoms with Crippen molar-refractivity contribution in [2.24, 2.45) is 0 Å². The van der Waals surface area contributed by atoms with Crippen molar-refractivity contribution in [3.05, 3.63) is 113 Å². The van der Waals surface area contributed by atoms with Gasteiger partial charge in [-0.1, -0.05) is 68.8 Å². The Morgan fingerprint density at radius 1 is 0.244 bits per heavy atom. The number of hydrogen-bond acceptors (Lipinski definition) is 4. The van der Waals surface area contributed by atoms with E-state index in [1.54, 1.807) is 0 Å². The molecule has 0 saturated heterocycles. The standard InChI is InChI=1S/4C10H14S.Fe/c4*1-6-5-7(2)9(4)10(11)8(6)3;/h4*5,11H,1-4H3;/q;;;;+3/p-4. The van der Waals surface area contributed by atoms with Crippen LogP contribution in [0.5, 0.6) is 0 Å². The van der Waals surface area contributed by atoms with E-state index in [1.165, 1.54) is 89.0 Å². The van der Waals surface area contributed by atoms with Gasteiger partial charge < -0.3 is 50.5 Å². The number of benzene rings is 4. The molecule has 0 nitrogen and oxygen atoms in total. The average molecular weight is 717 g/mol. The van der Waals surface area contributed by atoms with Gasteiger partial charge in [0, 0.05) is 0 Å². The predicted molar refractivity (Wildman–Crippen MR) is 204 cm³/mol. The first kappa shape index (κ1) is 43.3. The minimum atomic E-state index is 0. The zero-order chi connectivity index (χ0) is 34.4. The molecule has 0 unspecified atom stereocenters. The topological polar surface area (TPSA) is 0 Å². The minimum absolute atomic E-state index is 0. The van der Waals surface area contributed by atoms with Crippen molar-refractivity contribution in [2.75, 3.05) is 0 Å². The van der Waals surface area contributed by atoms with E-state index in [4.69, 9.17) is 50.5 Å². The van der Waals surface area contributed by atoms with Crippen molar-refractivity contribution in [1.29, 1.82) is 0 Å². The van der Waals surface area contributed by atoms with Crippen LogP contribution in [0.3, 0.4) is 0 Å². The maximum Gasteiger partial charge on any atom is 3.00 e. The van der Waals surface area contributed by atoms with Gasteiger partial charge in [0.15, 0.2) is 0 Å². The summed E-state index contributed by atoms with van der Waals surface area (Å²) in [5.74, 6) is 0. The normalized spacial score (nSPS) is 9.96. The van der Waals surface area contributed by atoms with Gasteiger partial charge in [0.2, 0.25) is 0 Å². The Morgan fingerprint density at radius 2 is 0.333 bits per heavy atom. The van der Waals surface area contributed by atoms with Gasteiger partial charge in [-0.25, -0.2) is 0 Å². The maximum absolute atomic E-state index is 5.27.